The normalized spacial score (nSPS) is 10.6. The molecule has 136 valence electrons. The van der Waals surface area contributed by atoms with Crippen LogP contribution in [0.25, 0.3) is 10.9 Å². The topological polar surface area (TPSA) is 65.8 Å². The largest absolute Gasteiger partial charge is 0.324 e. The lowest BCUT2D eigenvalue weighted by Gasteiger charge is -2.10. The van der Waals surface area contributed by atoms with Crippen LogP contribution < -0.4 is 5.32 Å². The van der Waals surface area contributed by atoms with Crippen LogP contribution in [0.15, 0.2) is 45.9 Å². The molecular formula is C21H18BrN3OS. The van der Waals surface area contributed by atoms with E-state index in [1.165, 1.54) is 11.8 Å². The van der Waals surface area contributed by atoms with E-state index in [-0.39, 0.29) is 11.7 Å². The van der Waals surface area contributed by atoms with E-state index in [0.717, 1.165) is 37.8 Å². The van der Waals surface area contributed by atoms with Crippen LogP contribution in [0.2, 0.25) is 0 Å². The number of carbonyl (C=O) groups is 1. The zero-order chi connectivity index (χ0) is 19.6. The molecule has 6 heteroatoms. The van der Waals surface area contributed by atoms with Crippen molar-refractivity contribution in [3.63, 3.8) is 0 Å². The third-order valence-corrected chi connectivity index (χ3v) is 5.76. The average Bonchev–Trinajstić information content (AvgIpc) is 2.61. The number of halogens is 1. The molecule has 0 saturated heterocycles. The minimum absolute atomic E-state index is 0.143. The monoisotopic (exact) mass is 439 g/mol. The number of nitrogens with zero attached hydrogens (tertiary/aromatic N) is 2. The SMILES string of the molecule is Cc1ccc(NC(=O)CSc2nc3cc(C)cc(C)c3cc2C#N)c(Br)c1. The van der Waals surface area contributed by atoms with Crippen LogP contribution in [-0.4, -0.2) is 16.6 Å². The van der Waals surface area contributed by atoms with Crippen molar-refractivity contribution in [3.8, 4) is 6.07 Å². The van der Waals surface area contributed by atoms with Crippen LogP contribution in [0.3, 0.4) is 0 Å². The number of amides is 1. The summed E-state index contributed by atoms with van der Waals surface area (Å²) in [6.45, 7) is 6.02. The number of hydrogen-bond donors (Lipinski definition) is 1. The molecule has 0 spiro atoms. The maximum atomic E-state index is 12.3. The Hall–Kier alpha value is -2.36. The van der Waals surface area contributed by atoms with Gasteiger partial charge in [0.25, 0.3) is 0 Å². The molecule has 1 aromatic heterocycles. The fourth-order valence-corrected chi connectivity index (χ4v) is 4.20. The highest BCUT2D eigenvalue weighted by molar-refractivity contribution is 9.10. The number of benzene rings is 2. The molecular weight excluding hydrogens is 422 g/mol. The zero-order valence-electron chi connectivity index (χ0n) is 15.3. The molecule has 0 unspecified atom stereocenters. The van der Waals surface area contributed by atoms with Gasteiger partial charge < -0.3 is 5.32 Å². The van der Waals surface area contributed by atoms with Crippen molar-refractivity contribution in [2.45, 2.75) is 25.8 Å². The predicted octanol–water partition coefficient (Wildman–Crippen LogP) is 5.53. The first-order valence-electron chi connectivity index (χ1n) is 8.38. The summed E-state index contributed by atoms with van der Waals surface area (Å²) < 4.78 is 0.841. The number of aromatic nitrogens is 1. The Labute approximate surface area is 171 Å². The molecule has 0 aliphatic rings. The van der Waals surface area contributed by atoms with Crippen LogP contribution in [0.4, 0.5) is 5.69 Å². The number of hydrogen-bond acceptors (Lipinski definition) is 4. The summed E-state index contributed by atoms with van der Waals surface area (Å²) in [4.78, 5) is 17.0. The average molecular weight is 440 g/mol. The molecule has 3 aromatic rings. The Kier molecular flexibility index (Phi) is 5.83. The molecule has 0 aliphatic carbocycles. The molecule has 1 amide bonds. The highest BCUT2D eigenvalue weighted by Crippen LogP contribution is 2.28. The second kappa shape index (κ2) is 8.12. The highest BCUT2D eigenvalue weighted by Gasteiger charge is 2.12. The summed E-state index contributed by atoms with van der Waals surface area (Å²) in [6, 6.07) is 13.9. The summed E-state index contributed by atoms with van der Waals surface area (Å²) in [5.74, 6) is 0.0361. The standard InChI is InChI=1S/C21H18BrN3OS/c1-12-4-5-18(17(22)7-12)24-20(26)11-27-21-15(10-23)9-16-14(3)6-13(2)8-19(16)25-21/h4-9H,11H2,1-3H3,(H,24,26). The van der Waals surface area contributed by atoms with E-state index >= 15 is 0 Å². The van der Waals surface area contributed by atoms with Crippen molar-refractivity contribution in [2.24, 2.45) is 0 Å². The number of carbonyl (C=O) groups excluding carboxylic acids is 1. The lowest BCUT2D eigenvalue weighted by Crippen LogP contribution is -2.14. The third kappa shape index (κ3) is 4.49. The van der Waals surface area contributed by atoms with Gasteiger partial charge in [-0.1, -0.05) is 23.9 Å². The van der Waals surface area contributed by atoms with Crippen molar-refractivity contribution >= 4 is 50.2 Å². The van der Waals surface area contributed by atoms with E-state index in [4.69, 9.17) is 0 Å². The molecule has 4 nitrogen and oxygen atoms in total. The molecule has 3 rings (SSSR count). The van der Waals surface area contributed by atoms with Gasteiger partial charge in [-0.15, -0.1) is 0 Å². The van der Waals surface area contributed by atoms with Crippen molar-refractivity contribution in [1.82, 2.24) is 4.98 Å². The van der Waals surface area contributed by atoms with E-state index in [2.05, 4.69) is 38.4 Å². The number of rotatable bonds is 4. The Morgan fingerprint density at radius 3 is 2.67 bits per heavy atom. The summed E-state index contributed by atoms with van der Waals surface area (Å²) >= 11 is 4.73. The Bertz CT molecular complexity index is 1090. The lowest BCUT2D eigenvalue weighted by atomic mass is 10.1. The first-order chi connectivity index (χ1) is 12.9. The van der Waals surface area contributed by atoms with Gasteiger partial charge in [-0.05, 0) is 77.7 Å². The summed E-state index contributed by atoms with van der Waals surface area (Å²) in [6.07, 6.45) is 0. The Morgan fingerprint density at radius 2 is 1.96 bits per heavy atom. The van der Waals surface area contributed by atoms with E-state index in [0.29, 0.717) is 10.6 Å². The molecule has 0 bridgehead atoms. The maximum absolute atomic E-state index is 12.3. The second-order valence-electron chi connectivity index (χ2n) is 6.42. The molecule has 1 N–H and O–H groups in total. The van der Waals surface area contributed by atoms with Crippen LogP contribution in [0, 0.1) is 32.1 Å². The molecule has 0 radical (unpaired) electrons. The van der Waals surface area contributed by atoms with Gasteiger partial charge in [0, 0.05) is 9.86 Å². The molecule has 27 heavy (non-hydrogen) atoms. The summed E-state index contributed by atoms with van der Waals surface area (Å²) in [5.41, 5.74) is 5.38. The number of pyridine rings is 1. The van der Waals surface area contributed by atoms with Crippen molar-refractivity contribution < 1.29 is 4.79 Å². The van der Waals surface area contributed by atoms with Crippen LogP contribution >= 0.6 is 27.7 Å². The van der Waals surface area contributed by atoms with E-state index in [1.807, 2.05) is 51.1 Å². The first kappa shape index (κ1) is 19.4. The fourth-order valence-electron chi connectivity index (χ4n) is 2.84. The minimum Gasteiger partial charge on any atom is -0.324 e. The Morgan fingerprint density at radius 1 is 1.19 bits per heavy atom. The van der Waals surface area contributed by atoms with Gasteiger partial charge in [-0.2, -0.15) is 5.26 Å². The highest BCUT2D eigenvalue weighted by atomic mass is 79.9. The number of anilines is 1. The number of thioether (sulfide) groups is 1. The summed E-state index contributed by atoms with van der Waals surface area (Å²) in [5, 5.41) is 13.9. The molecule has 2 aromatic carbocycles. The van der Waals surface area contributed by atoms with E-state index < -0.39 is 0 Å². The lowest BCUT2D eigenvalue weighted by molar-refractivity contribution is -0.113. The van der Waals surface area contributed by atoms with Crippen molar-refractivity contribution in [1.29, 1.82) is 5.26 Å². The van der Waals surface area contributed by atoms with Crippen molar-refractivity contribution in [2.75, 3.05) is 11.1 Å². The fraction of sp³-hybridized carbons (Fsp3) is 0.190. The Balaban J connectivity index is 1.79. The van der Waals surface area contributed by atoms with Crippen LogP contribution in [0.5, 0.6) is 0 Å². The first-order valence-corrected chi connectivity index (χ1v) is 10.2. The van der Waals surface area contributed by atoms with Gasteiger partial charge >= 0.3 is 0 Å². The smallest absolute Gasteiger partial charge is 0.234 e. The predicted molar refractivity (Wildman–Crippen MR) is 114 cm³/mol. The number of aryl methyl sites for hydroxylation is 3. The summed E-state index contributed by atoms with van der Waals surface area (Å²) in [7, 11) is 0. The maximum Gasteiger partial charge on any atom is 0.234 e. The van der Waals surface area contributed by atoms with Crippen LogP contribution in [-0.2, 0) is 4.79 Å². The molecule has 0 atom stereocenters. The second-order valence-corrected chi connectivity index (χ2v) is 8.24. The molecule has 0 aliphatic heterocycles. The third-order valence-electron chi connectivity index (χ3n) is 4.11. The molecule has 1 heterocycles. The quantitative estimate of drug-likeness (QED) is 0.542. The van der Waals surface area contributed by atoms with E-state index in [1.54, 1.807) is 0 Å². The van der Waals surface area contributed by atoms with Gasteiger partial charge in [0.15, 0.2) is 0 Å². The number of fused-ring (bicyclic) bond motifs is 1. The van der Waals surface area contributed by atoms with Gasteiger partial charge in [0.1, 0.15) is 11.1 Å². The van der Waals surface area contributed by atoms with Crippen LogP contribution in [0.1, 0.15) is 22.3 Å². The van der Waals surface area contributed by atoms with Crippen molar-refractivity contribution in [3.05, 3.63) is 63.1 Å². The molecule has 0 saturated carbocycles. The molecule has 0 fully saturated rings. The van der Waals surface area contributed by atoms with Gasteiger partial charge in [-0.3, -0.25) is 4.79 Å². The van der Waals surface area contributed by atoms with E-state index in [9.17, 15) is 10.1 Å². The minimum atomic E-state index is -0.143. The van der Waals surface area contributed by atoms with Gasteiger partial charge in [-0.25, -0.2) is 4.98 Å². The zero-order valence-corrected chi connectivity index (χ0v) is 17.7. The van der Waals surface area contributed by atoms with Gasteiger partial charge in [0.2, 0.25) is 5.91 Å². The number of nitriles is 1. The van der Waals surface area contributed by atoms with Gasteiger partial charge in [0.05, 0.1) is 22.5 Å². The number of nitrogens with one attached hydrogen (secondary N) is 1.